The van der Waals surface area contributed by atoms with Crippen molar-refractivity contribution in [2.24, 2.45) is 5.92 Å². The first-order valence-electron chi connectivity index (χ1n) is 8.97. The van der Waals surface area contributed by atoms with Gasteiger partial charge in [-0.1, -0.05) is 6.92 Å². The van der Waals surface area contributed by atoms with E-state index in [4.69, 9.17) is 4.74 Å². The molecule has 0 saturated carbocycles. The molecular formula is C18H29N3O4S. The predicted molar refractivity (Wildman–Crippen MR) is 101 cm³/mol. The SMILES string of the molecule is CCN(c1nc(C)ccc1S(=O)(=O)N1C[C@H](C)C[C@@H]1C(=O)OC)C(C)C. The van der Waals surface area contributed by atoms with Gasteiger partial charge in [0.25, 0.3) is 0 Å². The van der Waals surface area contributed by atoms with Gasteiger partial charge in [-0.15, -0.1) is 0 Å². The summed E-state index contributed by atoms with van der Waals surface area (Å²) in [5.74, 6) is 0.00420. The van der Waals surface area contributed by atoms with Gasteiger partial charge in [-0.3, -0.25) is 4.79 Å². The first kappa shape index (κ1) is 20.6. The minimum absolute atomic E-state index is 0.0862. The van der Waals surface area contributed by atoms with Gasteiger partial charge in [0.1, 0.15) is 16.8 Å². The van der Waals surface area contributed by atoms with Crippen LogP contribution in [0.15, 0.2) is 17.0 Å². The third-order valence-electron chi connectivity index (χ3n) is 4.74. The van der Waals surface area contributed by atoms with Crippen LogP contribution in [0.2, 0.25) is 0 Å². The molecule has 2 rings (SSSR count). The molecule has 26 heavy (non-hydrogen) atoms. The number of rotatable bonds is 6. The minimum Gasteiger partial charge on any atom is -0.468 e. The third kappa shape index (κ3) is 3.86. The zero-order valence-electron chi connectivity index (χ0n) is 16.4. The number of sulfonamides is 1. The zero-order valence-corrected chi connectivity index (χ0v) is 17.2. The van der Waals surface area contributed by atoms with E-state index in [1.54, 1.807) is 12.1 Å². The summed E-state index contributed by atoms with van der Waals surface area (Å²) in [5, 5.41) is 0. The number of aromatic nitrogens is 1. The topological polar surface area (TPSA) is 79.8 Å². The molecule has 1 aliphatic heterocycles. The van der Waals surface area contributed by atoms with Crippen molar-refractivity contribution in [1.82, 2.24) is 9.29 Å². The van der Waals surface area contributed by atoms with Gasteiger partial charge in [0.05, 0.1) is 7.11 Å². The molecule has 146 valence electrons. The maximum absolute atomic E-state index is 13.4. The molecule has 0 bridgehead atoms. The summed E-state index contributed by atoms with van der Waals surface area (Å²) in [6.07, 6.45) is 0.461. The Labute approximate surface area is 156 Å². The van der Waals surface area contributed by atoms with E-state index in [0.717, 1.165) is 5.69 Å². The summed E-state index contributed by atoms with van der Waals surface area (Å²) < 4.78 is 33.0. The Balaban J connectivity index is 2.57. The average Bonchev–Trinajstić information content (AvgIpc) is 2.97. The van der Waals surface area contributed by atoms with Crippen molar-refractivity contribution in [2.45, 2.75) is 58.0 Å². The summed E-state index contributed by atoms with van der Waals surface area (Å²) in [4.78, 5) is 18.7. The Morgan fingerprint density at radius 2 is 2.08 bits per heavy atom. The molecule has 0 N–H and O–H groups in total. The first-order chi connectivity index (χ1) is 12.1. The number of carbonyl (C=O) groups excluding carboxylic acids is 1. The second-order valence-electron chi connectivity index (χ2n) is 7.11. The smallest absolute Gasteiger partial charge is 0.324 e. The molecule has 1 aromatic rings. The second kappa shape index (κ2) is 7.92. The van der Waals surface area contributed by atoms with Gasteiger partial charge in [0.2, 0.25) is 10.0 Å². The van der Waals surface area contributed by atoms with Gasteiger partial charge in [0.15, 0.2) is 0 Å². The van der Waals surface area contributed by atoms with Gasteiger partial charge < -0.3 is 9.64 Å². The monoisotopic (exact) mass is 383 g/mol. The fourth-order valence-corrected chi connectivity index (χ4v) is 5.29. The van der Waals surface area contributed by atoms with Crippen LogP contribution in [0.3, 0.4) is 0 Å². The molecule has 0 unspecified atom stereocenters. The highest BCUT2D eigenvalue weighted by Gasteiger charge is 2.44. The normalized spacial score (nSPS) is 21.2. The van der Waals surface area contributed by atoms with Crippen molar-refractivity contribution in [3.05, 3.63) is 17.8 Å². The predicted octanol–water partition coefficient (Wildman–Crippen LogP) is 2.20. The van der Waals surface area contributed by atoms with E-state index >= 15 is 0 Å². The van der Waals surface area contributed by atoms with E-state index in [-0.39, 0.29) is 16.9 Å². The van der Waals surface area contributed by atoms with Gasteiger partial charge in [-0.25, -0.2) is 13.4 Å². The third-order valence-corrected chi connectivity index (χ3v) is 6.63. The number of aryl methyl sites for hydroxylation is 1. The summed E-state index contributed by atoms with van der Waals surface area (Å²) in [6, 6.07) is 2.59. The summed E-state index contributed by atoms with van der Waals surface area (Å²) in [6.45, 7) is 10.7. The standard InChI is InChI=1S/C18H29N3O4S/c1-7-20(12(2)3)17-16(9-8-14(5)19-17)26(23,24)21-11-13(4)10-15(21)18(22)25-6/h8-9,12-13,15H,7,10-11H2,1-6H3/t13-,15-/m1/s1. The highest BCUT2D eigenvalue weighted by molar-refractivity contribution is 7.89. The molecule has 1 aliphatic rings. The van der Waals surface area contributed by atoms with E-state index in [2.05, 4.69) is 4.98 Å². The number of methoxy groups -OCH3 is 1. The van der Waals surface area contributed by atoms with E-state index in [0.29, 0.717) is 25.3 Å². The molecular weight excluding hydrogens is 354 g/mol. The van der Waals surface area contributed by atoms with Crippen LogP contribution in [-0.2, 0) is 19.6 Å². The van der Waals surface area contributed by atoms with Crippen LogP contribution >= 0.6 is 0 Å². The molecule has 0 radical (unpaired) electrons. The number of hydrogen-bond acceptors (Lipinski definition) is 6. The van der Waals surface area contributed by atoms with Gasteiger partial charge >= 0.3 is 5.97 Å². The maximum Gasteiger partial charge on any atom is 0.324 e. The second-order valence-corrected chi connectivity index (χ2v) is 8.97. The van der Waals surface area contributed by atoms with Crippen molar-refractivity contribution >= 4 is 21.8 Å². The number of ether oxygens (including phenoxy) is 1. The molecule has 1 fully saturated rings. The molecule has 0 amide bonds. The maximum atomic E-state index is 13.4. The van der Waals surface area contributed by atoms with Crippen LogP contribution < -0.4 is 4.90 Å². The number of anilines is 1. The molecule has 0 aromatic carbocycles. The quantitative estimate of drug-likeness (QED) is 0.701. The zero-order chi connectivity index (χ0) is 19.6. The minimum atomic E-state index is -3.88. The van der Waals surface area contributed by atoms with E-state index in [9.17, 15) is 13.2 Å². The Hall–Kier alpha value is -1.67. The highest BCUT2D eigenvalue weighted by atomic mass is 32.2. The molecule has 8 heteroatoms. The molecule has 1 saturated heterocycles. The molecule has 7 nitrogen and oxygen atoms in total. The first-order valence-corrected chi connectivity index (χ1v) is 10.4. The fraction of sp³-hybridized carbons (Fsp3) is 0.667. The van der Waals surface area contributed by atoms with Crippen LogP contribution in [0.25, 0.3) is 0 Å². The summed E-state index contributed by atoms with van der Waals surface area (Å²) in [7, 11) is -2.60. The van der Waals surface area contributed by atoms with Crippen LogP contribution in [0.5, 0.6) is 0 Å². The fourth-order valence-electron chi connectivity index (χ4n) is 3.45. The Kier molecular flexibility index (Phi) is 6.29. The summed E-state index contributed by atoms with van der Waals surface area (Å²) >= 11 is 0. The Morgan fingerprint density at radius 1 is 1.42 bits per heavy atom. The summed E-state index contributed by atoms with van der Waals surface area (Å²) in [5.41, 5.74) is 0.748. The van der Waals surface area contributed by atoms with Crippen LogP contribution in [0.4, 0.5) is 5.82 Å². The molecule has 2 heterocycles. The van der Waals surface area contributed by atoms with E-state index < -0.39 is 22.0 Å². The highest BCUT2D eigenvalue weighted by Crippen LogP contribution is 2.34. The van der Waals surface area contributed by atoms with E-state index in [1.807, 2.05) is 39.5 Å². The van der Waals surface area contributed by atoms with Gasteiger partial charge in [0, 0.05) is 24.8 Å². The lowest BCUT2D eigenvalue weighted by Crippen LogP contribution is -2.42. The van der Waals surface area contributed by atoms with Gasteiger partial charge in [-0.2, -0.15) is 4.31 Å². The number of hydrogen-bond donors (Lipinski definition) is 0. The Bertz CT molecular complexity index is 764. The Morgan fingerprint density at radius 3 is 2.62 bits per heavy atom. The lowest BCUT2D eigenvalue weighted by atomic mass is 10.1. The number of nitrogens with zero attached hydrogens (tertiary/aromatic N) is 3. The van der Waals surface area contributed by atoms with Crippen molar-refractivity contribution in [3.8, 4) is 0 Å². The number of pyridine rings is 1. The molecule has 0 spiro atoms. The van der Waals surface area contributed by atoms with Crippen LogP contribution in [0, 0.1) is 12.8 Å². The van der Waals surface area contributed by atoms with Crippen molar-refractivity contribution in [3.63, 3.8) is 0 Å². The van der Waals surface area contributed by atoms with Crippen LogP contribution in [-0.4, -0.2) is 56.0 Å². The van der Waals surface area contributed by atoms with E-state index in [1.165, 1.54) is 11.4 Å². The molecule has 2 atom stereocenters. The van der Waals surface area contributed by atoms with Crippen molar-refractivity contribution in [2.75, 3.05) is 25.1 Å². The lowest BCUT2D eigenvalue weighted by Gasteiger charge is -2.30. The lowest BCUT2D eigenvalue weighted by molar-refractivity contribution is -0.144. The van der Waals surface area contributed by atoms with Crippen molar-refractivity contribution < 1.29 is 17.9 Å². The largest absolute Gasteiger partial charge is 0.468 e. The van der Waals surface area contributed by atoms with Crippen molar-refractivity contribution in [1.29, 1.82) is 0 Å². The molecule has 0 aliphatic carbocycles. The number of esters is 1. The van der Waals surface area contributed by atoms with Crippen LogP contribution in [0.1, 0.15) is 39.8 Å². The number of carbonyl (C=O) groups is 1. The van der Waals surface area contributed by atoms with Gasteiger partial charge in [-0.05, 0) is 52.2 Å². The average molecular weight is 384 g/mol. The molecule has 1 aromatic heterocycles.